The Hall–Kier alpha value is -2.82. The van der Waals surface area contributed by atoms with Crippen LogP contribution >= 0.6 is 0 Å². The highest BCUT2D eigenvalue weighted by Crippen LogP contribution is 2.22. The summed E-state index contributed by atoms with van der Waals surface area (Å²) in [6.07, 6.45) is 1.75. The highest BCUT2D eigenvalue weighted by Gasteiger charge is 2.05. The first-order valence-corrected chi connectivity index (χ1v) is 6.83. The van der Waals surface area contributed by atoms with Crippen LogP contribution in [0.3, 0.4) is 0 Å². The first-order valence-electron chi connectivity index (χ1n) is 6.83. The van der Waals surface area contributed by atoms with Crippen molar-refractivity contribution in [3.63, 3.8) is 0 Å². The minimum Gasteiger partial charge on any atom is -0.508 e. The summed E-state index contributed by atoms with van der Waals surface area (Å²) in [5.41, 5.74) is 5.19. The smallest absolute Gasteiger partial charge is 0.244 e. The largest absolute Gasteiger partial charge is 0.508 e. The van der Waals surface area contributed by atoms with Crippen molar-refractivity contribution >= 4 is 12.1 Å². The van der Waals surface area contributed by atoms with Crippen molar-refractivity contribution in [3.8, 4) is 11.5 Å². The third-order valence-corrected chi connectivity index (χ3v) is 3.22. The number of phenolic OH excluding ortho intramolecular Hbond substituents is 1. The number of carbonyl (C=O) groups is 1. The van der Waals surface area contributed by atoms with Crippen LogP contribution in [-0.2, 0) is 11.2 Å². The van der Waals surface area contributed by atoms with Gasteiger partial charge in [-0.25, -0.2) is 5.43 Å². The van der Waals surface area contributed by atoms with Crippen molar-refractivity contribution in [1.29, 1.82) is 0 Å². The molecule has 0 bridgehead atoms. The highest BCUT2D eigenvalue weighted by molar-refractivity contribution is 5.86. The topological polar surface area (TPSA) is 70.9 Å². The summed E-state index contributed by atoms with van der Waals surface area (Å²) in [6, 6.07) is 12.4. The summed E-state index contributed by atoms with van der Waals surface area (Å²) in [7, 11) is 1.50. The number of rotatable bonds is 5. The molecule has 1 amide bonds. The van der Waals surface area contributed by atoms with E-state index in [2.05, 4.69) is 10.5 Å². The molecule has 0 atom stereocenters. The summed E-state index contributed by atoms with van der Waals surface area (Å²) < 4.78 is 5.13. The van der Waals surface area contributed by atoms with Gasteiger partial charge in [-0.05, 0) is 30.2 Å². The fraction of sp³-hybridized carbons (Fsp3) is 0.176. The third kappa shape index (κ3) is 4.09. The molecule has 0 saturated heterocycles. The van der Waals surface area contributed by atoms with Gasteiger partial charge in [-0.2, -0.15) is 5.10 Å². The van der Waals surface area contributed by atoms with Gasteiger partial charge in [0.25, 0.3) is 0 Å². The number of aryl methyl sites for hydroxylation is 1. The first kappa shape index (κ1) is 15.6. The number of ether oxygens (including phenoxy) is 1. The van der Waals surface area contributed by atoms with Gasteiger partial charge < -0.3 is 9.84 Å². The predicted molar refractivity (Wildman–Crippen MR) is 85.3 cm³/mol. The van der Waals surface area contributed by atoms with Crippen molar-refractivity contribution in [2.24, 2.45) is 5.10 Å². The molecule has 5 nitrogen and oxygen atoms in total. The van der Waals surface area contributed by atoms with Crippen LogP contribution in [-0.4, -0.2) is 24.3 Å². The summed E-state index contributed by atoms with van der Waals surface area (Å²) in [6.45, 7) is 1.97. The zero-order valence-corrected chi connectivity index (χ0v) is 12.5. The summed E-state index contributed by atoms with van der Waals surface area (Å²) in [4.78, 5) is 11.9. The van der Waals surface area contributed by atoms with Crippen molar-refractivity contribution in [2.45, 2.75) is 13.3 Å². The van der Waals surface area contributed by atoms with Gasteiger partial charge in [-0.3, -0.25) is 4.79 Å². The second kappa shape index (κ2) is 7.26. The number of hydrogen-bond donors (Lipinski definition) is 2. The van der Waals surface area contributed by atoms with E-state index in [0.717, 1.165) is 11.1 Å². The predicted octanol–water partition coefficient (Wildman–Crippen LogP) is 2.40. The van der Waals surface area contributed by atoms with Crippen LogP contribution in [0.5, 0.6) is 11.5 Å². The molecule has 0 spiro atoms. The van der Waals surface area contributed by atoms with E-state index >= 15 is 0 Å². The van der Waals surface area contributed by atoms with Gasteiger partial charge in [0.2, 0.25) is 5.91 Å². The third-order valence-electron chi connectivity index (χ3n) is 3.22. The molecule has 2 aromatic carbocycles. The first-order chi connectivity index (χ1) is 10.6. The molecule has 0 aromatic heterocycles. The molecule has 0 aliphatic rings. The number of amides is 1. The van der Waals surface area contributed by atoms with Crippen LogP contribution in [0.2, 0.25) is 0 Å². The molecular formula is C17H18N2O3. The number of phenols is 1. The van der Waals surface area contributed by atoms with Crippen molar-refractivity contribution in [2.75, 3.05) is 7.11 Å². The Balaban J connectivity index is 1.98. The maximum atomic E-state index is 11.9. The Morgan fingerprint density at radius 2 is 2.09 bits per heavy atom. The molecule has 2 N–H and O–H groups in total. The Morgan fingerprint density at radius 1 is 1.32 bits per heavy atom. The molecular weight excluding hydrogens is 280 g/mol. The van der Waals surface area contributed by atoms with Gasteiger partial charge in [0.1, 0.15) is 11.5 Å². The minimum atomic E-state index is -0.191. The average molecular weight is 298 g/mol. The Kier molecular flexibility index (Phi) is 5.14. The molecule has 0 heterocycles. The molecule has 0 radical (unpaired) electrons. The number of carbonyl (C=O) groups excluding carboxylic acids is 1. The van der Waals surface area contributed by atoms with Gasteiger partial charge in [0.05, 0.1) is 19.7 Å². The maximum Gasteiger partial charge on any atom is 0.244 e. The van der Waals surface area contributed by atoms with Crippen molar-refractivity contribution in [1.82, 2.24) is 5.43 Å². The van der Waals surface area contributed by atoms with E-state index in [1.165, 1.54) is 25.5 Å². The van der Waals surface area contributed by atoms with Crippen molar-refractivity contribution in [3.05, 3.63) is 59.2 Å². The van der Waals surface area contributed by atoms with Crippen LogP contribution in [0.1, 0.15) is 16.7 Å². The molecule has 0 aliphatic heterocycles. The molecule has 0 fully saturated rings. The Labute approximate surface area is 129 Å². The van der Waals surface area contributed by atoms with E-state index in [-0.39, 0.29) is 18.1 Å². The molecule has 2 rings (SSSR count). The number of hydrazone groups is 1. The van der Waals surface area contributed by atoms with Gasteiger partial charge in [0.15, 0.2) is 0 Å². The van der Waals surface area contributed by atoms with Gasteiger partial charge in [0, 0.05) is 11.6 Å². The number of nitrogens with zero attached hydrogens (tertiary/aromatic N) is 1. The lowest BCUT2D eigenvalue weighted by molar-refractivity contribution is -0.120. The Bertz CT molecular complexity index is 696. The standard InChI is InChI=1S/C17H18N2O3/c1-12-5-3-4-6-13(12)9-17(21)19-18-11-14-7-8-15(20)10-16(14)22-2/h3-8,10-11,20H,9H2,1-2H3,(H,19,21). The lowest BCUT2D eigenvalue weighted by atomic mass is 10.1. The number of nitrogens with one attached hydrogen (secondary N) is 1. The van der Waals surface area contributed by atoms with Crippen LogP contribution in [0.15, 0.2) is 47.6 Å². The molecule has 0 unspecified atom stereocenters. The lowest BCUT2D eigenvalue weighted by Gasteiger charge is -2.05. The average Bonchev–Trinajstić information content (AvgIpc) is 2.51. The molecule has 0 aliphatic carbocycles. The minimum absolute atomic E-state index is 0.109. The number of hydrogen-bond acceptors (Lipinski definition) is 4. The van der Waals surface area contributed by atoms with Crippen LogP contribution in [0, 0.1) is 6.92 Å². The zero-order chi connectivity index (χ0) is 15.9. The summed E-state index contributed by atoms with van der Waals surface area (Å²) in [5, 5.41) is 13.3. The maximum absolute atomic E-state index is 11.9. The normalized spacial score (nSPS) is 10.6. The van der Waals surface area contributed by atoms with Crippen LogP contribution in [0.25, 0.3) is 0 Å². The van der Waals surface area contributed by atoms with Crippen LogP contribution in [0.4, 0.5) is 0 Å². The molecule has 2 aromatic rings. The van der Waals surface area contributed by atoms with E-state index in [1.807, 2.05) is 31.2 Å². The number of aromatic hydroxyl groups is 1. The second-order valence-corrected chi connectivity index (χ2v) is 4.82. The lowest BCUT2D eigenvalue weighted by Crippen LogP contribution is -2.20. The fourth-order valence-electron chi connectivity index (χ4n) is 2.00. The molecule has 5 heteroatoms. The summed E-state index contributed by atoms with van der Waals surface area (Å²) in [5.74, 6) is 0.401. The van der Waals surface area contributed by atoms with E-state index in [4.69, 9.17) is 4.74 Å². The monoisotopic (exact) mass is 298 g/mol. The van der Waals surface area contributed by atoms with Crippen molar-refractivity contribution < 1.29 is 14.6 Å². The quantitative estimate of drug-likeness (QED) is 0.658. The van der Waals surface area contributed by atoms with E-state index in [0.29, 0.717) is 11.3 Å². The van der Waals surface area contributed by atoms with E-state index in [1.54, 1.807) is 6.07 Å². The molecule has 22 heavy (non-hydrogen) atoms. The van der Waals surface area contributed by atoms with E-state index in [9.17, 15) is 9.90 Å². The number of methoxy groups -OCH3 is 1. The van der Waals surface area contributed by atoms with Gasteiger partial charge >= 0.3 is 0 Å². The number of benzene rings is 2. The molecule has 0 saturated carbocycles. The molecule has 114 valence electrons. The van der Waals surface area contributed by atoms with Crippen LogP contribution < -0.4 is 10.2 Å². The van der Waals surface area contributed by atoms with Gasteiger partial charge in [-0.15, -0.1) is 0 Å². The second-order valence-electron chi connectivity index (χ2n) is 4.82. The fourth-order valence-corrected chi connectivity index (χ4v) is 2.00. The summed E-state index contributed by atoms with van der Waals surface area (Å²) >= 11 is 0. The highest BCUT2D eigenvalue weighted by atomic mass is 16.5. The zero-order valence-electron chi connectivity index (χ0n) is 12.5. The SMILES string of the molecule is COc1cc(O)ccc1C=NNC(=O)Cc1ccccc1C. The Morgan fingerprint density at radius 3 is 2.82 bits per heavy atom. The van der Waals surface area contributed by atoms with E-state index < -0.39 is 0 Å². The van der Waals surface area contributed by atoms with Gasteiger partial charge in [-0.1, -0.05) is 24.3 Å².